The molecule has 20 heavy (non-hydrogen) atoms. The number of rotatable bonds is 3. The number of aromatic amines is 1. The summed E-state index contributed by atoms with van der Waals surface area (Å²) in [6, 6.07) is 0. The second-order valence-corrected chi connectivity index (χ2v) is 4.86. The van der Waals surface area contributed by atoms with Crippen LogP contribution in [-0.2, 0) is 10.5 Å². The second-order valence-electron chi connectivity index (χ2n) is 4.33. The SMILES string of the molecule is O=c1[nH]c(=O)n([C@@]2(CO)OC[C@@H](O)[C@@H]2O)cc1C=CBr. The number of hydrogen-bond acceptors (Lipinski definition) is 6. The Hall–Kier alpha value is -1.26. The lowest BCUT2D eigenvalue weighted by Gasteiger charge is -2.31. The van der Waals surface area contributed by atoms with Gasteiger partial charge >= 0.3 is 5.69 Å². The Morgan fingerprint density at radius 1 is 1.55 bits per heavy atom. The number of aliphatic hydroxyl groups excluding tert-OH is 3. The highest BCUT2D eigenvalue weighted by Crippen LogP contribution is 2.30. The van der Waals surface area contributed by atoms with E-state index in [9.17, 15) is 24.9 Å². The lowest BCUT2D eigenvalue weighted by molar-refractivity contribution is -0.154. The second kappa shape index (κ2) is 5.62. The summed E-state index contributed by atoms with van der Waals surface area (Å²) in [5, 5.41) is 29.0. The van der Waals surface area contributed by atoms with Gasteiger partial charge in [-0.25, -0.2) is 4.79 Å². The summed E-state index contributed by atoms with van der Waals surface area (Å²) in [5.74, 6) is 0. The van der Waals surface area contributed by atoms with Crippen molar-refractivity contribution in [3.8, 4) is 0 Å². The third kappa shape index (κ3) is 2.27. The van der Waals surface area contributed by atoms with E-state index in [1.165, 1.54) is 11.1 Å². The molecule has 1 fully saturated rings. The zero-order valence-electron chi connectivity index (χ0n) is 10.2. The van der Waals surface area contributed by atoms with Crippen LogP contribution in [0.5, 0.6) is 0 Å². The van der Waals surface area contributed by atoms with Crippen LogP contribution in [0, 0.1) is 0 Å². The quantitative estimate of drug-likeness (QED) is 0.516. The molecule has 0 amide bonds. The van der Waals surface area contributed by atoms with E-state index < -0.39 is 35.8 Å². The zero-order chi connectivity index (χ0) is 14.9. The molecule has 1 aliphatic heterocycles. The summed E-state index contributed by atoms with van der Waals surface area (Å²) in [4.78, 5) is 26.9. The van der Waals surface area contributed by atoms with Gasteiger partial charge in [-0.3, -0.25) is 14.3 Å². The number of halogens is 1. The summed E-state index contributed by atoms with van der Waals surface area (Å²) < 4.78 is 6.08. The minimum Gasteiger partial charge on any atom is -0.391 e. The van der Waals surface area contributed by atoms with Gasteiger partial charge in [0.25, 0.3) is 5.56 Å². The molecule has 0 unspecified atom stereocenters. The molecule has 0 radical (unpaired) electrons. The molecule has 0 aromatic carbocycles. The van der Waals surface area contributed by atoms with E-state index in [0.29, 0.717) is 0 Å². The molecular weight excluding hydrogens is 336 g/mol. The number of nitrogens with zero attached hydrogens (tertiary/aromatic N) is 1. The molecule has 2 rings (SSSR count). The molecule has 110 valence electrons. The average molecular weight is 349 g/mol. The first-order chi connectivity index (χ1) is 9.46. The molecule has 4 N–H and O–H groups in total. The zero-order valence-corrected chi connectivity index (χ0v) is 11.8. The van der Waals surface area contributed by atoms with Crippen LogP contribution in [0.4, 0.5) is 0 Å². The van der Waals surface area contributed by atoms with Gasteiger partial charge in [-0.1, -0.05) is 15.9 Å². The van der Waals surface area contributed by atoms with E-state index in [-0.39, 0.29) is 12.2 Å². The maximum atomic E-state index is 11.9. The van der Waals surface area contributed by atoms with Crippen LogP contribution in [0.3, 0.4) is 0 Å². The number of ether oxygens (including phenoxy) is 1. The van der Waals surface area contributed by atoms with Crippen molar-refractivity contribution in [2.24, 2.45) is 0 Å². The largest absolute Gasteiger partial charge is 0.391 e. The number of aromatic nitrogens is 2. The van der Waals surface area contributed by atoms with E-state index in [2.05, 4.69) is 20.9 Å². The first-order valence-electron chi connectivity index (χ1n) is 5.70. The Balaban J connectivity index is 2.65. The van der Waals surface area contributed by atoms with Gasteiger partial charge < -0.3 is 20.1 Å². The maximum Gasteiger partial charge on any atom is 0.330 e. The third-order valence-electron chi connectivity index (χ3n) is 3.18. The van der Waals surface area contributed by atoms with Crippen molar-refractivity contribution in [1.29, 1.82) is 0 Å². The van der Waals surface area contributed by atoms with Crippen molar-refractivity contribution in [3.63, 3.8) is 0 Å². The Kier molecular flexibility index (Phi) is 4.25. The Bertz CT molecular complexity index is 639. The lowest BCUT2D eigenvalue weighted by Crippen LogP contribution is -2.54. The molecule has 0 aliphatic carbocycles. The minimum absolute atomic E-state index is 0.117. The molecule has 0 saturated carbocycles. The predicted octanol–water partition coefficient (Wildman–Crippen LogP) is -1.70. The third-order valence-corrected chi connectivity index (χ3v) is 3.44. The normalized spacial score (nSPS) is 30.2. The maximum absolute atomic E-state index is 11.9. The number of nitrogens with one attached hydrogen (secondary N) is 1. The summed E-state index contributed by atoms with van der Waals surface area (Å²) in [7, 11) is 0. The van der Waals surface area contributed by atoms with Crippen molar-refractivity contribution in [2.75, 3.05) is 13.2 Å². The Morgan fingerprint density at radius 2 is 2.25 bits per heavy atom. The first-order valence-corrected chi connectivity index (χ1v) is 6.62. The van der Waals surface area contributed by atoms with Crippen LogP contribution in [0.2, 0.25) is 0 Å². The van der Waals surface area contributed by atoms with Crippen LogP contribution in [0.25, 0.3) is 6.08 Å². The highest BCUT2D eigenvalue weighted by Gasteiger charge is 2.51. The van der Waals surface area contributed by atoms with Crippen molar-refractivity contribution in [3.05, 3.63) is 37.6 Å². The number of aliphatic hydroxyl groups is 3. The van der Waals surface area contributed by atoms with Crippen LogP contribution in [0.1, 0.15) is 5.56 Å². The number of H-pyrrole nitrogens is 1. The van der Waals surface area contributed by atoms with Crippen molar-refractivity contribution in [2.45, 2.75) is 17.9 Å². The summed E-state index contributed by atoms with van der Waals surface area (Å²) in [6.07, 6.45) is -0.207. The molecule has 8 nitrogen and oxygen atoms in total. The van der Waals surface area contributed by atoms with Crippen molar-refractivity contribution < 1.29 is 20.1 Å². The van der Waals surface area contributed by atoms with E-state index >= 15 is 0 Å². The molecule has 2 heterocycles. The average Bonchev–Trinajstić information content (AvgIpc) is 2.71. The van der Waals surface area contributed by atoms with Gasteiger partial charge in [0.15, 0.2) is 0 Å². The van der Waals surface area contributed by atoms with E-state index in [0.717, 1.165) is 10.8 Å². The molecular formula is C11H13BrN2O6. The molecule has 1 aromatic rings. The van der Waals surface area contributed by atoms with Gasteiger partial charge in [0.2, 0.25) is 5.72 Å². The van der Waals surface area contributed by atoms with Crippen molar-refractivity contribution in [1.82, 2.24) is 9.55 Å². The fourth-order valence-corrected chi connectivity index (χ4v) is 2.37. The number of hydrogen-bond donors (Lipinski definition) is 4. The van der Waals surface area contributed by atoms with Crippen LogP contribution >= 0.6 is 15.9 Å². The molecule has 0 bridgehead atoms. The van der Waals surface area contributed by atoms with Gasteiger partial charge in [0.05, 0.1) is 18.8 Å². The lowest BCUT2D eigenvalue weighted by atomic mass is 10.1. The van der Waals surface area contributed by atoms with E-state index in [4.69, 9.17) is 4.74 Å². The van der Waals surface area contributed by atoms with Gasteiger partial charge in [-0.15, -0.1) is 0 Å². The summed E-state index contributed by atoms with van der Waals surface area (Å²) >= 11 is 3.01. The standard InChI is InChI=1S/C11H13BrN2O6/c12-2-1-6-3-14(10(19)13-9(6)18)11(5-15)8(17)7(16)4-20-11/h1-3,7-8,15-17H,4-5H2,(H,13,18,19)/t7-,8+,11+/m1/s1. The molecule has 1 aliphatic rings. The first kappa shape index (κ1) is 15.1. The molecule has 1 aromatic heterocycles. The van der Waals surface area contributed by atoms with Crippen LogP contribution < -0.4 is 11.2 Å². The van der Waals surface area contributed by atoms with Gasteiger partial charge in [-0.2, -0.15) is 0 Å². The Labute approximate surface area is 121 Å². The van der Waals surface area contributed by atoms with Crippen LogP contribution in [-0.4, -0.2) is 50.3 Å². The van der Waals surface area contributed by atoms with Gasteiger partial charge in [0, 0.05) is 6.20 Å². The molecule has 9 heteroatoms. The predicted molar refractivity (Wildman–Crippen MR) is 72.3 cm³/mol. The molecule has 3 atom stereocenters. The van der Waals surface area contributed by atoms with E-state index in [1.54, 1.807) is 0 Å². The summed E-state index contributed by atoms with van der Waals surface area (Å²) in [6.45, 7) is -0.981. The van der Waals surface area contributed by atoms with Crippen molar-refractivity contribution >= 4 is 22.0 Å². The van der Waals surface area contributed by atoms with Crippen LogP contribution in [0.15, 0.2) is 20.8 Å². The monoisotopic (exact) mass is 348 g/mol. The molecule has 0 spiro atoms. The Morgan fingerprint density at radius 3 is 2.75 bits per heavy atom. The van der Waals surface area contributed by atoms with E-state index in [1.807, 2.05) is 0 Å². The smallest absolute Gasteiger partial charge is 0.330 e. The molecule has 1 saturated heterocycles. The minimum atomic E-state index is -1.82. The highest BCUT2D eigenvalue weighted by molar-refractivity contribution is 9.11. The summed E-state index contributed by atoms with van der Waals surface area (Å²) in [5.41, 5.74) is -3.19. The fraction of sp³-hybridized carbons (Fsp3) is 0.455. The fourth-order valence-electron chi connectivity index (χ4n) is 2.09. The van der Waals surface area contributed by atoms with Gasteiger partial charge in [-0.05, 0) is 11.1 Å². The topological polar surface area (TPSA) is 125 Å². The van der Waals surface area contributed by atoms with Gasteiger partial charge in [0.1, 0.15) is 12.2 Å². The highest BCUT2D eigenvalue weighted by atomic mass is 79.9.